The lowest BCUT2D eigenvalue weighted by atomic mass is 9.87. The van der Waals surface area contributed by atoms with Gasteiger partial charge in [0.15, 0.2) is 11.4 Å². The third-order valence-electron chi connectivity index (χ3n) is 6.21. The van der Waals surface area contributed by atoms with E-state index < -0.39 is 18.4 Å². The summed E-state index contributed by atoms with van der Waals surface area (Å²) in [5.74, 6) is -1.16. The summed E-state index contributed by atoms with van der Waals surface area (Å²) in [6, 6.07) is 8.86. The van der Waals surface area contributed by atoms with Gasteiger partial charge in [0.25, 0.3) is 5.91 Å². The Morgan fingerprint density at radius 3 is 2.33 bits per heavy atom. The van der Waals surface area contributed by atoms with Gasteiger partial charge in [-0.15, -0.1) is 0 Å². The fourth-order valence-electron chi connectivity index (χ4n) is 4.12. The van der Waals surface area contributed by atoms with Crippen LogP contribution in [0.2, 0.25) is 0 Å². The Balaban J connectivity index is 1.55. The number of carbonyl (C=O) groups is 2. The lowest BCUT2D eigenvalue weighted by Gasteiger charge is -2.34. The first-order valence-corrected chi connectivity index (χ1v) is 11.5. The number of carboxylic acid groups (broad SMARTS) is 1. The largest absolute Gasteiger partial charge is 0.504 e. The zero-order valence-corrected chi connectivity index (χ0v) is 19.9. The highest BCUT2D eigenvalue weighted by atomic mass is 16.4. The van der Waals surface area contributed by atoms with E-state index in [1.807, 2.05) is 0 Å². The van der Waals surface area contributed by atoms with Crippen molar-refractivity contribution >= 4 is 17.6 Å². The molecular formula is C25H34N4O4. The molecule has 3 rings (SSSR count). The van der Waals surface area contributed by atoms with Crippen LogP contribution in [-0.2, 0) is 16.6 Å². The first-order chi connectivity index (χ1) is 15.5. The van der Waals surface area contributed by atoms with Crippen molar-refractivity contribution in [1.82, 2.24) is 15.3 Å². The van der Waals surface area contributed by atoms with Gasteiger partial charge in [-0.1, -0.05) is 32.9 Å². The minimum atomic E-state index is -1.16. The summed E-state index contributed by atoms with van der Waals surface area (Å²) in [6.07, 6.45) is 3.65. The first kappa shape index (κ1) is 24.5. The second-order valence-electron chi connectivity index (χ2n) is 9.76. The smallest absolute Gasteiger partial charge is 0.322 e. The van der Waals surface area contributed by atoms with E-state index >= 15 is 0 Å². The van der Waals surface area contributed by atoms with Crippen LogP contribution < -0.4 is 10.2 Å². The van der Waals surface area contributed by atoms with Crippen molar-refractivity contribution in [2.45, 2.75) is 58.8 Å². The summed E-state index contributed by atoms with van der Waals surface area (Å²) >= 11 is 0. The van der Waals surface area contributed by atoms with Crippen molar-refractivity contribution in [3.05, 3.63) is 47.0 Å². The number of anilines is 1. The number of benzene rings is 1. The zero-order valence-electron chi connectivity index (χ0n) is 19.9. The summed E-state index contributed by atoms with van der Waals surface area (Å²) in [5, 5.41) is 21.1. The molecule has 2 heterocycles. The van der Waals surface area contributed by atoms with E-state index in [0.717, 1.165) is 32.4 Å². The van der Waals surface area contributed by atoms with Crippen LogP contribution in [0, 0.1) is 12.8 Å². The van der Waals surface area contributed by atoms with E-state index in [-0.39, 0.29) is 16.9 Å². The number of carboxylic acids is 1. The number of aryl methyl sites for hydroxylation is 2. The normalized spacial score (nSPS) is 14.8. The second kappa shape index (κ2) is 10.2. The summed E-state index contributed by atoms with van der Waals surface area (Å²) in [6.45, 7) is 9.73. The van der Waals surface area contributed by atoms with Gasteiger partial charge in [0.05, 0.1) is 5.69 Å². The van der Waals surface area contributed by atoms with Gasteiger partial charge in [-0.3, -0.25) is 9.59 Å². The minimum Gasteiger partial charge on any atom is -0.504 e. The standard InChI is InChI=1S/C25H34N4O4/c1-16-23(32)22(24(33)26-15-21(30)31)28-20(27-16)10-5-17-11-13-29(14-12-17)19-8-6-18(7-9-19)25(2,3)4/h6-9,17,32H,5,10-15H2,1-4H3,(H,26,33)(H,30,31). The molecule has 1 amide bonds. The van der Waals surface area contributed by atoms with Crippen molar-refractivity contribution in [3.8, 4) is 5.75 Å². The van der Waals surface area contributed by atoms with Gasteiger partial charge in [-0.2, -0.15) is 0 Å². The summed E-state index contributed by atoms with van der Waals surface area (Å²) < 4.78 is 0. The number of piperidine rings is 1. The van der Waals surface area contributed by atoms with Crippen molar-refractivity contribution < 1.29 is 19.8 Å². The zero-order chi connectivity index (χ0) is 24.2. The van der Waals surface area contributed by atoms with Gasteiger partial charge in [0, 0.05) is 25.2 Å². The number of hydrogen-bond donors (Lipinski definition) is 3. The van der Waals surface area contributed by atoms with Crippen LogP contribution in [0.25, 0.3) is 0 Å². The van der Waals surface area contributed by atoms with Crippen LogP contribution in [0.15, 0.2) is 24.3 Å². The summed E-state index contributed by atoms with van der Waals surface area (Å²) in [4.78, 5) is 33.8. The fraction of sp³-hybridized carbons (Fsp3) is 0.520. The molecule has 1 aliphatic rings. The topological polar surface area (TPSA) is 116 Å². The molecule has 8 nitrogen and oxygen atoms in total. The van der Waals surface area contributed by atoms with Crippen LogP contribution in [0.4, 0.5) is 5.69 Å². The number of nitrogens with zero attached hydrogens (tertiary/aromatic N) is 3. The Bertz CT molecular complexity index is 991. The number of carbonyl (C=O) groups excluding carboxylic acids is 1. The molecule has 33 heavy (non-hydrogen) atoms. The van der Waals surface area contributed by atoms with E-state index in [2.05, 4.69) is 65.2 Å². The van der Waals surface area contributed by atoms with Crippen molar-refractivity contribution in [2.75, 3.05) is 24.5 Å². The molecule has 1 aliphatic heterocycles. The highest BCUT2D eigenvalue weighted by Gasteiger charge is 2.22. The molecule has 178 valence electrons. The molecule has 0 unspecified atom stereocenters. The Labute approximate surface area is 195 Å². The molecule has 0 atom stereocenters. The third kappa shape index (κ3) is 6.43. The number of amides is 1. The highest BCUT2D eigenvalue weighted by Crippen LogP contribution is 2.29. The van der Waals surface area contributed by atoms with Gasteiger partial charge >= 0.3 is 5.97 Å². The molecule has 2 aromatic rings. The average molecular weight is 455 g/mol. The predicted octanol–water partition coefficient (Wildman–Crippen LogP) is 3.45. The number of aromatic hydroxyl groups is 1. The van der Waals surface area contributed by atoms with Crippen LogP contribution in [0.3, 0.4) is 0 Å². The first-order valence-electron chi connectivity index (χ1n) is 11.5. The van der Waals surface area contributed by atoms with Gasteiger partial charge in [-0.05, 0) is 55.2 Å². The third-order valence-corrected chi connectivity index (χ3v) is 6.21. The Morgan fingerprint density at radius 1 is 1.12 bits per heavy atom. The Morgan fingerprint density at radius 2 is 1.76 bits per heavy atom. The summed E-state index contributed by atoms with van der Waals surface area (Å²) in [7, 11) is 0. The Hall–Kier alpha value is -3.16. The molecule has 0 saturated carbocycles. The maximum atomic E-state index is 12.2. The average Bonchev–Trinajstić information content (AvgIpc) is 2.78. The van der Waals surface area contributed by atoms with Crippen LogP contribution in [0.1, 0.15) is 67.6 Å². The number of hydrogen-bond acceptors (Lipinski definition) is 6. The van der Waals surface area contributed by atoms with Crippen LogP contribution in [0.5, 0.6) is 5.75 Å². The predicted molar refractivity (Wildman–Crippen MR) is 127 cm³/mol. The van der Waals surface area contributed by atoms with Crippen LogP contribution >= 0.6 is 0 Å². The molecule has 1 aromatic carbocycles. The van der Waals surface area contributed by atoms with Gasteiger partial charge in [0.1, 0.15) is 12.4 Å². The highest BCUT2D eigenvalue weighted by molar-refractivity contribution is 5.96. The quantitative estimate of drug-likeness (QED) is 0.587. The fourth-order valence-corrected chi connectivity index (χ4v) is 4.12. The van der Waals surface area contributed by atoms with E-state index in [9.17, 15) is 14.7 Å². The van der Waals surface area contributed by atoms with E-state index in [4.69, 9.17) is 5.11 Å². The van der Waals surface area contributed by atoms with E-state index in [1.54, 1.807) is 6.92 Å². The van der Waals surface area contributed by atoms with Crippen molar-refractivity contribution in [2.24, 2.45) is 5.92 Å². The number of rotatable bonds is 7. The van der Waals surface area contributed by atoms with Gasteiger partial charge in [-0.25, -0.2) is 9.97 Å². The van der Waals surface area contributed by atoms with E-state index in [0.29, 0.717) is 23.9 Å². The lowest BCUT2D eigenvalue weighted by Crippen LogP contribution is -2.34. The number of aromatic nitrogens is 2. The number of aliphatic carboxylic acids is 1. The molecule has 0 radical (unpaired) electrons. The molecule has 0 bridgehead atoms. The minimum absolute atomic E-state index is 0.150. The van der Waals surface area contributed by atoms with Gasteiger partial charge < -0.3 is 20.4 Å². The molecule has 8 heteroatoms. The molecule has 0 aliphatic carbocycles. The Kier molecular flexibility index (Phi) is 7.56. The molecule has 3 N–H and O–H groups in total. The lowest BCUT2D eigenvalue weighted by molar-refractivity contribution is -0.135. The molecular weight excluding hydrogens is 420 g/mol. The summed E-state index contributed by atoms with van der Waals surface area (Å²) in [5.41, 5.74) is 2.88. The molecule has 0 spiro atoms. The van der Waals surface area contributed by atoms with Crippen molar-refractivity contribution in [3.63, 3.8) is 0 Å². The second-order valence-corrected chi connectivity index (χ2v) is 9.76. The van der Waals surface area contributed by atoms with Crippen molar-refractivity contribution in [1.29, 1.82) is 0 Å². The SMILES string of the molecule is Cc1nc(CCC2CCN(c3ccc(C(C)(C)C)cc3)CC2)nc(C(=O)NCC(=O)O)c1O. The van der Waals surface area contributed by atoms with E-state index in [1.165, 1.54) is 11.3 Å². The monoisotopic (exact) mass is 454 g/mol. The molecule has 1 fully saturated rings. The van der Waals surface area contributed by atoms with Gasteiger partial charge in [0.2, 0.25) is 0 Å². The molecule has 1 aromatic heterocycles. The maximum absolute atomic E-state index is 12.2. The molecule has 1 saturated heterocycles. The van der Waals surface area contributed by atoms with Crippen LogP contribution in [-0.4, -0.2) is 51.7 Å². The number of nitrogens with one attached hydrogen (secondary N) is 1. The maximum Gasteiger partial charge on any atom is 0.322 e.